The van der Waals surface area contributed by atoms with Crippen LogP contribution in [0.5, 0.6) is 5.88 Å². The van der Waals surface area contributed by atoms with E-state index in [-0.39, 0.29) is 11.4 Å². The predicted octanol–water partition coefficient (Wildman–Crippen LogP) is 3.84. The van der Waals surface area contributed by atoms with Gasteiger partial charge in [0.1, 0.15) is 17.4 Å². The lowest BCUT2D eigenvalue weighted by molar-refractivity contribution is 0.102. The molecular weight excluding hydrogens is 468 g/mol. The Morgan fingerprint density at radius 1 is 1.17 bits per heavy atom. The van der Waals surface area contributed by atoms with E-state index in [4.69, 9.17) is 22.1 Å². The molecule has 0 spiro atoms. The zero-order valence-corrected chi connectivity index (χ0v) is 19.7. The number of carbonyl (C=O) groups excluding carboxylic acids is 1. The number of nitrogens with two attached hydrogens (primary N) is 1. The monoisotopic (exact) mass is 488 g/mol. The van der Waals surface area contributed by atoms with Crippen molar-refractivity contribution in [3.05, 3.63) is 83.2 Å². The zero-order valence-electron chi connectivity index (χ0n) is 18.9. The first-order valence-electron chi connectivity index (χ1n) is 10.6. The molecule has 0 unspecified atom stereocenters. The molecule has 1 aromatic carbocycles. The van der Waals surface area contributed by atoms with Crippen LogP contribution >= 0.6 is 11.6 Å². The smallest absolute Gasteiger partial charge is 0.262 e. The summed E-state index contributed by atoms with van der Waals surface area (Å²) in [5.74, 6) is 0.566. The van der Waals surface area contributed by atoms with Gasteiger partial charge >= 0.3 is 0 Å². The van der Waals surface area contributed by atoms with E-state index < -0.39 is 5.91 Å². The number of pyridine rings is 1. The average Bonchev–Trinajstić information content (AvgIpc) is 3.44. The lowest BCUT2D eigenvalue weighted by Crippen LogP contribution is -2.14. The van der Waals surface area contributed by atoms with Crippen molar-refractivity contribution in [2.45, 2.75) is 13.5 Å². The number of aromatic nitrogens is 6. The predicted molar refractivity (Wildman–Crippen MR) is 133 cm³/mol. The molecule has 0 radical (unpaired) electrons. The summed E-state index contributed by atoms with van der Waals surface area (Å²) in [5.41, 5.74) is 10.4. The van der Waals surface area contributed by atoms with Gasteiger partial charge in [-0.3, -0.25) is 4.79 Å². The van der Waals surface area contributed by atoms with Gasteiger partial charge in [-0.2, -0.15) is 5.10 Å². The fourth-order valence-corrected chi connectivity index (χ4v) is 4.00. The molecule has 4 aromatic heterocycles. The summed E-state index contributed by atoms with van der Waals surface area (Å²) in [4.78, 5) is 25.8. The quantitative estimate of drug-likeness (QED) is 0.372. The van der Waals surface area contributed by atoms with Gasteiger partial charge < -0.3 is 20.4 Å². The third kappa shape index (κ3) is 4.38. The number of benzene rings is 1. The van der Waals surface area contributed by atoms with Crippen molar-refractivity contribution in [3.8, 4) is 17.1 Å². The molecule has 1 amide bonds. The fraction of sp³-hybridized carbons (Fsp3) is 0.125. The number of fused-ring (bicyclic) bond motifs is 1. The van der Waals surface area contributed by atoms with E-state index in [1.807, 2.05) is 41.8 Å². The summed E-state index contributed by atoms with van der Waals surface area (Å²) in [6, 6.07) is 11.2. The Bertz CT molecular complexity index is 1540. The van der Waals surface area contributed by atoms with Crippen LogP contribution in [0.2, 0.25) is 5.02 Å². The maximum absolute atomic E-state index is 13.2. The molecule has 0 bridgehead atoms. The SMILES string of the molecule is COc1ncc(-c2cc(C)c3c(N)ncnn23)cc1C(=O)Nc1cn(Cc2ccc(Cl)cc2)cn1. The van der Waals surface area contributed by atoms with Crippen LogP contribution in [0.4, 0.5) is 11.6 Å². The number of aryl methyl sites for hydroxylation is 1. The molecule has 3 N–H and O–H groups in total. The highest BCUT2D eigenvalue weighted by Crippen LogP contribution is 2.29. The Balaban J connectivity index is 1.42. The maximum Gasteiger partial charge on any atom is 0.262 e. The maximum atomic E-state index is 13.2. The number of anilines is 2. The zero-order chi connectivity index (χ0) is 24.5. The summed E-state index contributed by atoms with van der Waals surface area (Å²) in [5, 5.41) is 7.80. The van der Waals surface area contributed by atoms with Crippen LogP contribution in [0.3, 0.4) is 0 Å². The Morgan fingerprint density at radius 3 is 2.74 bits per heavy atom. The van der Waals surface area contributed by atoms with Crippen molar-refractivity contribution >= 4 is 34.7 Å². The van der Waals surface area contributed by atoms with Crippen molar-refractivity contribution in [2.75, 3.05) is 18.2 Å². The van der Waals surface area contributed by atoms with E-state index in [0.717, 1.165) is 16.8 Å². The summed E-state index contributed by atoms with van der Waals surface area (Å²) >= 11 is 5.95. The molecule has 0 saturated carbocycles. The number of rotatable bonds is 6. The molecule has 4 heterocycles. The summed E-state index contributed by atoms with van der Waals surface area (Å²) in [7, 11) is 1.46. The summed E-state index contributed by atoms with van der Waals surface area (Å²) < 4.78 is 8.89. The van der Waals surface area contributed by atoms with Gasteiger partial charge in [-0.1, -0.05) is 23.7 Å². The number of nitrogens with one attached hydrogen (secondary N) is 1. The first kappa shape index (κ1) is 22.4. The Labute approximate surface area is 205 Å². The van der Waals surface area contributed by atoms with Crippen molar-refractivity contribution in [3.63, 3.8) is 0 Å². The second-order valence-electron chi connectivity index (χ2n) is 7.91. The van der Waals surface area contributed by atoms with E-state index in [1.54, 1.807) is 29.3 Å². The largest absolute Gasteiger partial charge is 0.480 e. The Hall–Kier alpha value is -4.44. The van der Waals surface area contributed by atoms with Crippen molar-refractivity contribution < 1.29 is 9.53 Å². The van der Waals surface area contributed by atoms with Gasteiger partial charge in [0.25, 0.3) is 5.91 Å². The van der Waals surface area contributed by atoms with Gasteiger partial charge in [-0.15, -0.1) is 0 Å². The second kappa shape index (κ2) is 9.07. The highest BCUT2D eigenvalue weighted by Gasteiger charge is 2.19. The minimum Gasteiger partial charge on any atom is -0.480 e. The number of amides is 1. The number of hydrogen-bond donors (Lipinski definition) is 2. The van der Waals surface area contributed by atoms with Crippen LogP contribution < -0.4 is 15.8 Å². The van der Waals surface area contributed by atoms with Gasteiger partial charge in [0.05, 0.1) is 19.1 Å². The lowest BCUT2D eigenvalue weighted by atomic mass is 10.1. The molecule has 5 rings (SSSR count). The molecule has 35 heavy (non-hydrogen) atoms. The van der Waals surface area contributed by atoms with Crippen LogP contribution in [0.15, 0.2) is 61.4 Å². The molecule has 10 nitrogen and oxygen atoms in total. The highest BCUT2D eigenvalue weighted by atomic mass is 35.5. The van der Waals surface area contributed by atoms with Crippen LogP contribution in [0.1, 0.15) is 21.5 Å². The Morgan fingerprint density at radius 2 is 1.97 bits per heavy atom. The number of nitrogen functional groups attached to an aromatic ring is 1. The van der Waals surface area contributed by atoms with E-state index in [0.29, 0.717) is 34.3 Å². The van der Waals surface area contributed by atoms with Crippen molar-refractivity contribution in [2.24, 2.45) is 0 Å². The van der Waals surface area contributed by atoms with Crippen LogP contribution in [-0.4, -0.2) is 42.2 Å². The van der Waals surface area contributed by atoms with Crippen molar-refractivity contribution in [1.82, 2.24) is 29.1 Å². The number of imidazole rings is 1. The molecule has 11 heteroatoms. The van der Waals surface area contributed by atoms with Crippen LogP contribution in [0, 0.1) is 6.92 Å². The normalized spacial score (nSPS) is 11.1. The van der Waals surface area contributed by atoms with E-state index in [9.17, 15) is 4.79 Å². The van der Waals surface area contributed by atoms with E-state index in [2.05, 4.69) is 25.4 Å². The lowest BCUT2D eigenvalue weighted by Gasteiger charge is -2.10. The number of carbonyl (C=O) groups is 1. The number of hydrogen-bond acceptors (Lipinski definition) is 7. The van der Waals surface area contributed by atoms with Crippen LogP contribution in [-0.2, 0) is 6.54 Å². The molecule has 0 aliphatic heterocycles. The highest BCUT2D eigenvalue weighted by molar-refractivity contribution is 6.30. The summed E-state index contributed by atoms with van der Waals surface area (Å²) in [6.07, 6.45) is 6.40. The van der Waals surface area contributed by atoms with Crippen LogP contribution in [0.25, 0.3) is 16.8 Å². The average molecular weight is 489 g/mol. The molecule has 0 aliphatic carbocycles. The van der Waals surface area contributed by atoms with Gasteiger partial charge in [0.2, 0.25) is 5.88 Å². The summed E-state index contributed by atoms with van der Waals surface area (Å²) in [6.45, 7) is 2.51. The number of methoxy groups -OCH3 is 1. The first-order valence-corrected chi connectivity index (χ1v) is 11.0. The standard InChI is InChI=1S/C24H21ClN8O2/c1-14-7-19(33-21(14)22(26)28-12-30-33)16-8-18(24(35-2)27-9-16)23(34)31-20-11-32(13-29-20)10-15-3-5-17(25)6-4-15/h3-9,11-13H,10H2,1-2H3,(H,31,34)(H2,26,28,30). The fourth-order valence-electron chi connectivity index (χ4n) is 3.87. The molecule has 0 fully saturated rings. The molecule has 5 aromatic rings. The minimum atomic E-state index is -0.403. The molecule has 0 saturated heterocycles. The third-order valence-corrected chi connectivity index (χ3v) is 5.76. The molecule has 0 aliphatic rings. The molecular formula is C24H21ClN8O2. The van der Waals surface area contributed by atoms with Gasteiger partial charge in [-0.25, -0.2) is 19.5 Å². The Kier molecular flexibility index (Phi) is 5.79. The van der Waals surface area contributed by atoms with E-state index >= 15 is 0 Å². The number of halogens is 1. The third-order valence-electron chi connectivity index (χ3n) is 5.51. The van der Waals surface area contributed by atoms with Crippen molar-refractivity contribution in [1.29, 1.82) is 0 Å². The second-order valence-corrected chi connectivity index (χ2v) is 8.35. The van der Waals surface area contributed by atoms with Gasteiger partial charge in [0, 0.05) is 29.5 Å². The topological polar surface area (TPSA) is 125 Å². The van der Waals surface area contributed by atoms with Gasteiger partial charge in [0.15, 0.2) is 11.6 Å². The minimum absolute atomic E-state index is 0.193. The molecule has 0 atom stereocenters. The van der Waals surface area contributed by atoms with E-state index in [1.165, 1.54) is 13.4 Å². The molecule has 176 valence electrons. The number of ether oxygens (including phenoxy) is 1. The first-order chi connectivity index (χ1) is 16.9. The van der Waals surface area contributed by atoms with Gasteiger partial charge in [-0.05, 0) is 42.3 Å². The number of nitrogens with zero attached hydrogens (tertiary/aromatic N) is 6.